The van der Waals surface area contributed by atoms with Crippen molar-refractivity contribution < 1.29 is 13.2 Å². The monoisotopic (exact) mass is 272 g/mol. The molecule has 0 saturated heterocycles. The van der Waals surface area contributed by atoms with Crippen LogP contribution in [0.3, 0.4) is 0 Å². The SMILES string of the molecule is FC(F)(F)C1CCC(c2nc3c([nH]2)CCCC3)CC1. The van der Waals surface area contributed by atoms with E-state index in [4.69, 9.17) is 0 Å². The number of aromatic amines is 1. The number of hydrogen-bond acceptors (Lipinski definition) is 1. The van der Waals surface area contributed by atoms with E-state index in [1.807, 2.05) is 0 Å². The number of halogens is 3. The molecule has 1 aromatic heterocycles. The number of alkyl halides is 3. The predicted molar refractivity (Wildman–Crippen MR) is 66.0 cm³/mol. The van der Waals surface area contributed by atoms with Crippen LogP contribution >= 0.6 is 0 Å². The Balaban J connectivity index is 1.67. The molecule has 19 heavy (non-hydrogen) atoms. The molecule has 0 unspecified atom stereocenters. The minimum Gasteiger partial charge on any atom is -0.345 e. The van der Waals surface area contributed by atoms with Gasteiger partial charge in [-0.2, -0.15) is 13.2 Å². The molecule has 0 bridgehead atoms. The third kappa shape index (κ3) is 2.65. The number of fused-ring (bicyclic) bond motifs is 1. The number of aromatic nitrogens is 2. The fourth-order valence-corrected chi connectivity index (χ4v) is 3.36. The molecule has 5 heteroatoms. The molecule has 0 spiro atoms. The average Bonchev–Trinajstić information content (AvgIpc) is 2.81. The minimum atomic E-state index is -4.02. The molecule has 1 saturated carbocycles. The quantitative estimate of drug-likeness (QED) is 0.818. The first-order valence-electron chi connectivity index (χ1n) is 7.18. The molecule has 106 valence electrons. The van der Waals surface area contributed by atoms with E-state index in [1.54, 1.807) is 0 Å². The van der Waals surface area contributed by atoms with Crippen LogP contribution in [0.2, 0.25) is 0 Å². The van der Waals surface area contributed by atoms with Gasteiger partial charge in [-0.15, -0.1) is 0 Å². The lowest BCUT2D eigenvalue weighted by Gasteiger charge is -2.28. The molecule has 0 radical (unpaired) electrons. The normalized spacial score (nSPS) is 28.2. The highest BCUT2D eigenvalue weighted by Crippen LogP contribution is 2.42. The van der Waals surface area contributed by atoms with Gasteiger partial charge in [0.2, 0.25) is 0 Å². The zero-order valence-electron chi connectivity index (χ0n) is 10.9. The van der Waals surface area contributed by atoms with Gasteiger partial charge in [0, 0.05) is 11.6 Å². The summed E-state index contributed by atoms with van der Waals surface area (Å²) in [5.41, 5.74) is 2.37. The molecule has 1 heterocycles. The lowest BCUT2D eigenvalue weighted by Crippen LogP contribution is -2.27. The summed E-state index contributed by atoms with van der Waals surface area (Å²) in [5, 5.41) is 0. The predicted octanol–water partition coefficient (Wildman–Crippen LogP) is 4.12. The maximum atomic E-state index is 12.6. The Bertz CT molecular complexity index is 419. The van der Waals surface area contributed by atoms with E-state index in [9.17, 15) is 13.2 Å². The lowest BCUT2D eigenvalue weighted by molar-refractivity contribution is -0.182. The molecule has 3 rings (SSSR count). The summed E-state index contributed by atoms with van der Waals surface area (Å²) >= 11 is 0. The van der Waals surface area contributed by atoms with E-state index in [-0.39, 0.29) is 18.8 Å². The van der Waals surface area contributed by atoms with Crippen LogP contribution in [0.4, 0.5) is 13.2 Å². The minimum absolute atomic E-state index is 0.198. The van der Waals surface area contributed by atoms with Crippen molar-refractivity contribution in [3.8, 4) is 0 Å². The van der Waals surface area contributed by atoms with E-state index in [2.05, 4.69) is 9.97 Å². The van der Waals surface area contributed by atoms with Gasteiger partial charge in [-0.05, 0) is 51.4 Å². The maximum absolute atomic E-state index is 12.6. The molecule has 2 aliphatic carbocycles. The second kappa shape index (κ2) is 4.84. The Morgan fingerprint density at radius 1 is 1.00 bits per heavy atom. The van der Waals surface area contributed by atoms with Gasteiger partial charge in [0.15, 0.2) is 0 Å². The van der Waals surface area contributed by atoms with Crippen LogP contribution < -0.4 is 0 Å². The van der Waals surface area contributed by atoms with Crippen molar-refractivity contribution in [2.24, 2.45) is 5.92 Å². The van der Waals surface area contributed by atoms with Gasteiger partial charge in [0.25, 0.3) is 0 Å². The van der Waals surface area contributed by atoms with Gasteiger partial charge in [-0.25, -0.2) is 4.98 Å². The standard InChI is InChI=1S/C14H19F3N2/c15-14(16,17)10-7-5-9(6-8-10)13-18-11-3-1-2-4-12(11)19-13/h9-10H,1-8H2,(H,18,19). The van der Waals surface area contributed by atoms with Crippen molar-refractivity contribution in [2.45, 2.75) is 63.5 Å². The fourth-order valence-electron chi connectivity index (χ4n) is 3.36. The maximum Gasteiger partial charge on any atom is 0.391 e. The first-order valence-corrected chi connectivity index (χ1v) is 7.18. The van der Waals surface area contributed by atoms with Gasteiger partial charge in [-0.1, -0.05) is 0 Å². The molecule has 2 aliphatic rings. The number of nitrogens with one attached hydrogen (secondary N) is 1. The number of aryl methyl sites for hydroxylation is 2. The third-order valence-corrected chi connectivity index (χ3v) is 4.55. The van der Waals surface area contributed by atoms with E-state index < -0.39 is 12.1 Å². The molecule has 0 aromatic carbocycles. The Labute approximate surface area is 110 Å². The second-order valence-electron chi connectivity index (χ2n) is 5.84. The second-order valence-corrected chi connectivity index (χ2v) is 5.84. The molecule has 0 amide bonds. The zero-order valence-corrected chi connectivity index (χ0v) is 10.9. The van der Waals surface area contributed by atoms with E-state index in [0.29, 0.717) is 12.8 Å². The van der Waals surface area contributed by atoms with Crippen LogP contribution in [0, 0.1) is 5.92 Å². The van der Waals surface area contributed by atoms with Crippen LogP contribution in [0.5, 0.6) is 0 Å². The smallest absolute Gasteiger partial charge is 0.345 e. The molecule has 0 aliphatic heterocycles. The average molecular weight is 272 g/mol. The zero-order chi connectivity index (χ0) is 13.5. The molecule has 2 nitrogen and oxygen atoms in total. The number of hydrogen-bond donors (Lipinski definition) is 1. The highest BCUT2D eigenvalue weighted by molar-refractivity contribution is 5.19. The molecular formula is C14H19F3N2. The molecule has 1 aromatic rings. The summed E-state index contributed by atoms with van der Waals surface area (Å²) in [5.74, 6) is 0.0325. The van der Waals surface area contributed by atoms with Crippen molar-refractivity contribution in [1.29, 1.82) is 0 Å². The number of nitrogens with zero attached hydrogens (tertiary/aromatic N) is 1. The summed E-state index contributed by atoms with van der Waals surface area (Å²) in [6, 6.07) is 0. The number of imidazole rings is 1. The van der Waals surface area contributed by atoms with E-state index >= 15 is 0 Å². The molecule has 1 N–H and O–H groups in total. The van der Waals surface area contributed by atoms with Gasteiger partial charge in [-0.3, -0.25) is 0 Å². The Hall–Kier alpha value is -1.00. The Morgan fingerprint density at radius 2 is 1.68 bits per heavy atom. The summed E-state index contributed by atoms with van der Waals surface area (Å²) in [6.07, 6.45) is 2.12. The van der Waals surface area contributed by atoms with Gasteiger partial charge in [0.05, 0.1) is 11.6 Å². The van der Waals surface area contributed by atoms with Crippen LogP contribution in [0.1, 0.15) is 61.7 Å². The first kappa shape index (κ1) is 13.0. The van der Waals surface area contributed by atoms with E-state index in [0.717, 1.165) is 24.4 Å². The van der Waals surface area contributed by atoms with Crippen molar-refractivity contribution in [2.75, 3.05) is 0 Å². The number of rotatable bonds is 1. The van der Waals surface area contributed by atoms with Crippen molar-refractivity contribution in [3.63, 3.8) is 0 Å². The Kier molecular flexibility index (Phi) is 3.31. The largest absolute Gasteiger partial charge is 0.391 e. The van der Waals surface area contributed by atoms with Gasteiger partial charge in [0.1, 0.15) is 5.82 Å². The molecule has 0 atom stereocenters. The lowest BCUT2D eigenvalue weighted by atomic mass is 9.81. The third-order valence-electron chi connectivity index (χ3n) is 4.55. The Morgan fingerprint density at radius 3 is 2.32 bits per heavy atom. The summed E-state index contributed by atoms with van der Waals surface area (Å²) in [4.78, 5) is 7.99. The van der Waals surface area contributed by atoms with Gasteiger partial charge < -0.3 is 4.98 Å². The summed E-state index contributed by atoms with van der Waals surface area (Å²) in [7, 11) is 0. The summed E-state index contributed by atoms with van der Waals surface area (Å²) < 4.78 is 37.9. The van der Waals surface area contributed by atoms with Crippen LogP contribution in [-0.4, -0.2) is 16.1 Å². The van der Waals surface area contributed by atoms with Crippen LogP contribution in [-0.2, 0) is 12.8 Å². The van der Waals surface area contributed by atoms with Crippen molar-refractivity contribution in [1.82, 2.24) is 9.97 Å². The van der Waals surface area contributed by atoms with Gasteiger partial charge >= 0.3 is 6.18 Å². The fraction of sp³-hybridized carbons (Fsp3) is 0.786. The number of H-pyrrole nitrogens is 1. The van der Waals surface area contributed by atoms with E-state index in [1.165, 1.54) is 18.5 Å². The molecular weight excluding hydrogens is 253 g/mol. The highest BCUT2D eigenvalue weighted by Gasteiger charge is 2.42. The molecule has 1 fully saturated rings. The summed E-state index contributed by atoms with van der Waals surface area (Å²) in [6.45, 7) is 0. The topological polar surface area (TPSA) is 28.7 Å². The van der Waals surface area contributed by atoms with Crippen LogP contribution in [0.15, 0.2) is 0 Å². The first-order chi connectivity index (χ1) is 9.04. The van der Waals surface area contributed by atoms with Crippen molar-refractivity contribution >= 4 is 0 Å². The highest BCUT2D eigenvalue weighted by atomic mass is 19.4. The van der Waals surface area contributed by atoms with Crippen molar-refractivity contribution in [3.05, 3.63) is 17.2 Å². The van der Waals surface area contributed by atoms with Crippen LogP contribution in [0.25, 0.3) is 0 Å².